The van der Waals surface area contributed by atoms with Crippen molar-refractivity contribution in [3.63, 3.8) is 0 Å². The van der Waals surface area contributed by atoms with Crippen LogP contribution in [-0.4, -0.2) is 11.5 Å². The van der Waals surface area contributed by atoms with Crippen LogP contribution >= 0.6 is 23.2 Å². The molecule has 2 aromatic rings. The standard InChI is InChI=1S/C16H17Cl2FN2/c1-2-7-20-16(15-6-4-13(18)10-21-15)9-11-8-12(17)3-5-14(11)19/h3-6,8,10,16,20H,2,7,9H2,1H3. The summed E-state index contributed by atoms with van der Waals surface area (Å²) >= 11 is 11.8. The third kappa shape index (κ3) is 4.67. The molecule has 0 saturated carbocycles. The van der Waals surface area contributed by atoms with Gasteiger partial charge < -0.3 is 5.32 Å². The molecule has 21 heavy (non-hydrogen) atoms. The van der Waals surface area contributed by atoms with Gasteiger partial charge in [0, 0.05) is 11.2 Å². The van der Waals surface area contributed by atoms with Gasteiger partial charge in [0.25, 0.3) is 0 Å². The van der Waals surface area contributed by atoms with E-state index in [1.54, 1.807) is 24.4 Å². The third-order valence-electron chi connectivity index (χ3n) is 3.18. The second kappa shape index (κ2) is 7.74. The second-order valence-corrected chi connectivity index (χ2v) is 5.72. The number of aromatic nitrogens is 1. The number of nitrogens with one attached hydrogen (secondary N) is 1. The van der Waals surface area contributed by atoms with Crippen LogP contribution in [0.15, 0.2) is 36.5 Å². The van der Waals surface area contributed by atoms with Crippen LogP contribution in [0.4, 0.5) is 4.39 Å². The zero-order chi connectivity index (χ0) is 15.2. The highest BCUT2D eigenvalue weighted by Gasteiger charge is 2.15. The Morgan fingerprint density at radius 1 is 1.19 bits per heavy atom. The van der Waals surface area contributed by atoms with E-state index >= 15 is 0 Å². The zero-order valence-corrected chi connectivity index (χ0v) is 13.3. The van der Waals surface area contributed by atoms with E-state index < -0.39 is 0 Å². The molecule has 112 valence electrons. The highest BCUT2D eigenvalue weighted by Crippen LogP contribution is 2.22. The fraction of sp³-hybridized carbons (Fsp3) is 0.312. The topological polar surface area (TPSA) is 24.9 Å². The smallest absolute Gasteiger partial charge is 0.126 e. The van der Waals surface area contributed by atoms with Crippen molar-refractivity contribution in [3.05, 3.63) is 63.6 Å². The number of pyridine rings is 1. The summed E-state index contributed by atoms with van der Waals surface area (Å²) in [7, 11) is 0. The first-order valence-corrected chi connectivity index (χ1v) is 7.64. The van der Waals surface area contributed by atoms with Crippen LogP contribution in [0.25, 0.3) is 0 Å². The summed E-state index contributed by atoms with van der Waals surface area (Å²) in [4.78, 5) is 4.33. The highest BCUT2D eigenvalue weighted by molar-refractivity contribution is 6.30. The number of hydrogen-bond donors (Lipinski definition) is 1. The fourth-order valence-corrected chi connectivity index (χ4v) is 2.42. The molecule has 0 saturated heterocycles. The minimum atomic E-state index is -0.253. The number of benzene rings is 1. The minimum Gasteiger partial charge on any atom is -0.308 e. The van der Waals surface area contributed by atoms with Gasteiger partial charge >= 0.3 is 0 Å². The van der Waals surface area contributed by atoms with Crippen LogP contribution in [0.3, 0.4) is 0 Å². The van der Waals surface area contributed by atoms with E-state index in [4.69, 9.17) is 23.2 Å². The average Bonchev–Trinajstić information content (AvgIpc) is 2.48. The van der Waals surface area contributed by atoms with Crippen LogP contribution in [-0.2, 0) is 6.42 Å². The summed E-state index contributed by atoms with van der Waals surface area (Å²) in [5.74, 6) is -0.253. The normalized spacial score (nSPS) is 12.4. The molecule has 0 aliphatic carbocycles. The lowest BCUT2D eigenvalue weighted by Gasteiger charge is -2.18. The van der Waals surface area contributed by atoms with E-state index in [-0.39, 0.29) is 11.9 Å². The van der Waals surface area contributed by atoms with Gasteiger partial charge in [-0.3, -0.25) is 4.98 Å². The Hall–Kier alpha value is -1.16. The largest absolute Gasteiger partial charge is 0.308 e. The molecule has 0 aliphatic rings. The predicted molar refractivity (Wildman–Crippen MR) is 85.4 cm³/mol. The molecule has 1 N–H and O–H groups in total. The Kier molecular flexibility index (Phi) is 5.97. The summed E-state index contributed by atoms with van der Waals surface area (Å²) in [5.41, 5.74) is 1.42. The maximum atomic E-state index is 13.9. The van der Waals surface area contributed by atoms with E-state index in [0.29, 0.717) is 22.0 Å². The Morgan fingerprint density at radius 2 is 1.95 bits per heavy atom. The first kappa shape index (κ1) is 16.2. The molecule has 0 radical (unpaired) electrons. The fourth-order valence-electron chi connectivity index (χ4n) is 2.11. The van der Waals surface area contributed by atoms with Crippen molar-refractivity contribution in [2.75, 3.05) is 6.54 Å². The Labute approximate surface area is 134 Å². The first-order valence-electron chi connectivity index (χ1n) is 6.89. The summed E-state index contributed by atoms with van der Waals surface area (Å²) < 4.78 is 13.9. The zero-order valence-electron chi connectivity index (χ0n) is 11.7. The summed E-state index contributed by atoms with van der Waals surface area (Å²) in [6.07, 6.45) is 3.08. The lowest BCUT2D eigenvalue weighted by atomic mass is 10.0. The van der Waals surface area contributed by atoms with Crippen molar-refractivity contribution in [2.24, 2.45) is 0 Å². The predicted octanol–water partition coefficient (Wildman–Crippen LogP) is 4.81. The Morgan fingerprint density at radius 3 is 2.62 bits per heavy atom. The van der Waals surface area contributed by atoms with Gasteiger partial charge in [-0.15, -0.1) is 0 Å². The minimum absolute atomic E-state index is 0.0739. The van der Waals surface area contributed by atoms with Gasteiger partial charge in [0.1, 0.15) is 5.82 Å². The maximum absolute atomic E-state index is 13.9. The molecule has 0 bridgehead atoms. The van der Waals surface area contributed by atoms with Gasteiger partial charge in [-0.2, -0.15) is 0 Å². The van der Waals surface area contributed by atoms with E-state index in [1.165, 1.54) is 6.07 Å². The molecule has 0 aliphatic heterocycles. The molecule has 2 rings (SSSR count). The lowest BCUT2D eigenvalue weighted by molar-refractivity contribution is 0.503. The van der Waals surface area contributed by atoms with Gasteiger partial charge in [-0.25, -0.2) is 4.39 Å². The summed E-state index contributed by atoms with van der Waals surface area (Å²) in [6.45, 7) is 2.91. The van der Waals surface area contributed by atoms with E-state index in [0.717, 1.165) is 18.7 Å². The number of hydrogen-bond acceptors (Lipinski definition) is 2. The first-order chi connectivity index (χ1) is 10.1. The van der Waals surface area contributed by atoms with Crippen molar-refractivity contribution < 1.29 is 4.39 Å². The van der Waals surface area contributed by atoms with Crippen molar-refractivity contribution >= 4 is 23.2 Å². The SMILES string of the molecule is CCCNC(Cc1cc(Cl)ccc1F)c1ccc(Cl)cn1. The van der Waals surface area contributed by atoms with Crippen LogP contribution < -0.4 is 5.32 Å². The summed E-state index contributed by atoms with van der Waals surface area (Å²) in [6, 6.07) is 8.18. The molecular weight excluding hydrogens is 310 g/mol. The molecule has 1 aromatic heterocycles. The van der Waals surface area contributed by atoms with Gasteiger partial charge in [-0.1, -0.05) is 30.1 Å². The average molecular weight is 327 g/mol. The van der Waals surface area contributed by atoms with Crippen molar-refractivity contribution in [2.45, 2.75) is 25.8 Å². The summed E-state index contributed by atoms with van der Waals surface area (Å²) in [5, 5.41) is 4.50. The van der Waals surface area contributed by atoms with E-state index in [1.807, 2.05) is 6.07 Å². The second-order valence-electron chi connectivity index (χ2n) is 4.85. The third-order valence-corrected chi connectivity index (χ3v) is 3.64. The van der Waals surface area contributed by atoms with Crippen molar-refractivity contribution in [1.29, 1.82) is 0 Å². The van der Waals surface area contributed by atoms with Gasteiger partial charge in [0.2, 0.25) is 0 Å². The van der Waals surface area contributed by atoms with Crippen LogP contribution in [0.1, 0.15) is 30.6 Å². The number of nitrogens with zero attached hydrogens (tertiary/aromatic N) is 1. The molecule has 1 aromatic carbocycles. The van der Waals surface area contributed by atoms with Crippen LogP contribution in [0.2, 0.25) is 10.0 Å². The molecule has 0 fully saturated rings. The quantitative estimate of drug-likeness (QED) is 0.823. The Balaban J connectivity index is 2.23. The van der Waals surface area contributed by atoms with Crippen LogP contribution in [0.5, 0.6) is 0 Å². The van der Waals surface area contributed by atoms with E-state index in [9.17, 15) is 4.39 Å². The van der Waals surface area contributed by atoms with Crippen molar-refractivity contribution in [1.82, 2.24) is 10.3 Å². The maximum Gasteiger partial charge on any atom is 0.126 e. The molecule has 1 unspecified atom stereocenters. The molecule has 1 heterocycles. The molecule has 2 nitrogen and oxygen atoms in total. The molecular formula is C16H17Cl2FN2. The van der Waals surface area contributed by atoms with Gasteiger partial charge in [-0.05, 0) is 55.3 Å². The number of rotatable bonds is 6. The number of halogens is 3. The van der Waals surface area contributed by atoms with Gasteiger partial charge in [0.15, 0.2) is 0 Å². The van der Waals surface area contributed by atoms with Crippen molar-refractivity contribution in [3.8, 4) is 0 Å². The lowest BCUT2D eigenvalue weighted by Crippen LogP contribution is -2.25. The monoisotopic (exact) mass is 326 g/mol. The molecule has 0 spiro atoms. The van der Waals surface area contributed by atoms with Crippen LogP contribution in [0, 0.1) is 5.82 Å². The molecule has 1 atom stereocenters. The highest BCUT2D eigenvalue weighted by atomic mass is 35.5. The molecule has 5 heteroatoms. The van der Waals surface area contributed by atoms with Gasteiger partial charge in [0.05, 0.1) is 16.8 Å². The molecule has 0 amide bonds. The Bertz CT molecular complexity index is 587. The van der Waals surface area contributed by atoms with E-state index in [2.05, 4.69) is 17.2 Å².